The average Bonchev–Trinajstić information content (AvgIpc) is 2.29. The van der Waals surface area contributed by atoms with Gasteiger partial charge in [0.05, 0.1) is 25.9 Å². The quantitative estimate of drug-likeness (QED) is 0.513. The molecular weight excluding hydrogens is 208 g/mol. The molecule has 0 radical (unpaired) electrons. The van der Waals surface area contributed by atoms with Crippen LogP contribution >= 0.6 is 0 Å². The first-order valence-corrected chi connectivity index (χ1v) is 5.96. The molecule has 1 rings (SSSR count). The van der Waals surface area contributed by atoms with Gasteiger partial charge in [-0.25, -0.2) is 0 Å². The summed E-state index contributed by atoms with van der Waals surface area (Å²) in [6.45, 7) is 5.59. The van der Waals surface area contributed by atoms with Crippen LogP contribution in [0.3, 0.4) is 0 Å². The number of rotatable bonds is 6. The van der Waals surface area contributed by atoms with Gasteiger partial charge in [-0.3, -0.25) is 9.69 Å². The summed E-state index contributed by atoms with van der Waals surface area (Å²) in [6.07, 6.45) is 2.03. The van der Waals surface area contributed by atoms with E-state index in [0.717, 1.165) is 25.9 Å². The lowest BCUT2D eigenvalue weighted by molar-refractivity contribution is -0.146. The normalized spacial score (nSPS) is 22.0. The predicted octanol–water partition coefficient (Wildman–Crippen LogP) is -0.0108. The third kappa shape index (κ3) is 4.92. The fraction of sp³-hybridized carbons (Fsp3) is 0.909. The number of nitrogens with two attached hydrogens (primary N) is 1. The first-order valence-electron chi connectivity index (χ1n) is 5.96. The number of nitrogens with zero attached hydrogens (tertiary/aromatic N) is 1. The molecule has 1 heterocycles. The maximum atomic E-state index is 11.4. The highest BCUT2D eigenvalue weighted by molar-refractivity contribution is 5.71. The molecule has 1 unspecified atom stereocenters. The highest BCUT2D eigenvalue weighted by atomic mass is 16.5. The van der Waals surface area contributed by atoms with E-state index in [1.165, 1.54) is 0 Å². The Morgan fingerprint density at radius 1 is 1.62 bits per heavy atom. The summed E-state index contributed by atoms with van der Waals surface area (Å²) in [6, 6.07) is 0. The van der Waals surface area contributed by atoms with Crippen molar-refractivity contribution in [2.75, 3.05) is 39.4 Å². The Morgan fingerprint density at radius 3 is 3.12 bits per heavy atom. The van der Waals surface area contributed by atoms with E-state index in [1.54, 1.807) is 0 Å². The number of hydrogen-bond acceptors (Lipinski definition) is 5. The maximum Gasteiger partial charge on any atom is 0.320 e. The summed E-state index contributed by atoms with van der Waals surface area (Å²) in [5, 5.41) is 0. The molecule has 0 aromatic carbocycles. The van der Waals surface area contributed by atoms with Crippen molar-refractivity contribution in [3.8, 4) is 0 Å². The largest absolute Gasteiger partial charge is 0.465 e. The fourth-order valence-electron chi connectivity index (χ4n) is 1.63. The van der Waals surface area contributed by atoms with Crippen LogP contribution < -0.4 is 5.73 Å². The van der Waals surface area contributed by atoms with Crippen LogP contribution in [-0.4, -0.2) is 56.4 Å². The highest BCUT2D eigenvalue weighted by Gasteiger charge is 2.21. The smallest absolute Gasteiger partial charge is 0.320 e. The molecule has 0 spiro atoms. The van der Waals surface area contributed by atoms with Crippen LogP contribution in [0.1, 0.15) is 19.8 Å². The minimum absolute atomic E-state index is 0.0530. The Bertz CT molecular complexity index is 211. The van der Waals surface area contributed by atoms with Gasteiger partial charge >= 0.3 is 5.97 Å². The number of hydrogen-bond donors (Lipinski definition) is 1. The van der Waals surface area contributed by atoms with Crippen LogP contribution in [0.2, 0.25) is 0 Å². The minimum atomic E-state index is -0.147. The molecular formula is C11H22N2O3. The molecule has 94 valence electrons. The zero-order valence-corrected chi connectivity index (χ0v) is 9.98. The zero-order valence-electron chi connectivity index (χ0n) is 9.98. The second-order valence-corrected chi connectivity index (χ2v) is 4.04. The molecule has 1 fully saturated rings. The van der Waals surface area contributed by atoms with E-state index in [-0.39, 0.29) is 12.1 Å². The van der Waals surface area contributed by atoms with Crippen molar-refractivity contribution < 1.29 is 14.3 Å². The molecule has 1 saturated heterocycles. The van der Waals surface area contributed by atoms with Gasteiger partial charge in [-0.1, -0.05) is 13.3 Å². The topological polar surface area (TPSA) is 64.8 Å². The summed E-state index contributed by atoms with van der Waals surface area (Å²) in [5.74, 6) is -0.147. The zero-order chi connectivity index (χ0) is 11.8. The number of carbonyl (C=O) groups excluding carboxylic acids is 1. The van der Waals surface area contributed by atoms with Crippen LogP contribution in [0.4, 0.5) is 0 Å². The lowest BCUT2D eigenvalue weighted by Crippen LogP contribution is -2.47. The SMILES string of the molecule is CCCCOC(=O)CN1CCOC(CN)C1. The summed E-state index contributed by atoms with van der Waals surface area (Å²) < 4.78 is 10.5. The summed E-state index contributed by atoms with van der Waals surface area (Å²) in [4.78, 5) is 13.5. The van der Waals surface area contributed by atoms with Crippen molar-refractivity contribution in [1.82, 2.24) is 4.90 Å². The molecule has 0 aromatic rings. The van der Waals surface area contributed by atoms with Crippen LogP contribution in [-0.2, 0) is 14.3 Å². The van der Waals surface area contributed by atoms with Crippen LogP contribution in [0.5, 0.6) is 0 Å². The Labute approximate surface area is 96.9 Å². The van der Waals surface area contributed by atoms with E-state index in [1.807, 2.05) is 4.90 Å². The van der Waals surface area contributed by atoms with Crippen molar-refractivity contribution in [2.45, 2.75) is 25.9 Å². The van der Waals surface area contributed by atoms with Crippen molar-refractivity contribution in [1.29, 1.82) is 0 Å². The molecule has 0 aliphatic carbocycles. The molecule has 2 N–H and O–H groups in total. The van der Waals surface area contributed by atoms with E-state index >= 15 is 0 Å². The molecule has 0 amide bonds. The van der Waals surface area contributed by atoms with Gasteiger partial charge in [-0.15, -0.1) is 0 Å². The molecule has 0 aromatic heterocycles. The Kier molecular flexibility index (Phi) is 6.37. The van der Waals surface area contributed by atoms with Gasteiger partial charge in [0, 0.05) is 19.6 Å². The molecule has 5 heteroatoms. The second kappa shape index (κ2) is 7.60. The molecule has 1 aliphatic rings. The Hall–Kier alpha value is -0.650. The molecule has 5 nitrogen and oxygen atoms in total. The molecule has 0 bridgehead atoms. The maximum absolute atomic E-state index is 11.4. The number of carbonyl (C=O) groups is 1. The first-order chi connectivity index (χ1) is 7.76. The molecule has 1 aliphatic heterocycles. The standard InChI is InChI=1S/C11H22N2O3/c1-2-3-5-16-11(14)9-13-4-6-15-10(7-12)8-13/h10H,2-9,12H2,1H3. The Morgan fingerprint density at radius 2 is 2.44 bits per heavy atom. The van der Waals surface area contributed by atoms with Crippen molar-refractivity contribution >= 4 is 5.97 Å². The minimum Gasteiger partial charge on any atom is -0.465 e. The van der Waals surface area contributed by atoms with E-state index in [4.69, 9.17) is 15.2 Å². The second-order valence-electron chi connectivity index (χ2n) is 4.04. The first kappa shape index (κ1) is 13.4. The van der Waals surface area contributed by atoms with Crippen LogP contribution in [0.15, 0.2) is 0 Å². The van der Waals surface area contributed by atoms with Crippen molar-refractivity contribution in [3.05, 3.63) is 0 Å². The van der Waals surface area contributed by atoms with Crippen LogP contribution in [0, 0.1) is 0 Å². The van der Waals surface area contributed by atoms with Crippen LogP contribution in [0.25, 0.3) is 0 Å². The summed E-state index contributed by atoms with van der Waals surface area (Å²) >= 11 is 0. The third-order valence-electron chi connectivity index (χ3n) is 2.60. The van der Waals surface area contributed by atoms with Gasteiger partial charge < -0.3 is 15.2 Å². The number of morpholine rings is 1. The Balaban J connectivity index is 2.17. The third-order valence-corrected chi connectivity index (χ3v) is 2.60. The van der Waals surface area contributed by atoms with Gasteiger partial charge in [0.15, 0.2) is 0 Å². The average molecular weight is 230 g/mol. The fourth-order valence-corrected chi connectivity index (χ4v) is 1.63. The van der Waals surface area contributed by atoms with Gasteiger partial charge in [0.1, 0.15) is 0 Å². The number of ether oxygens (including phenoxy) is 2. The molecule has 16 heavy (non-hydrogen) atoms. The van der Waals surface area contributed by atoms with E-state index in [9.17, 15) is 4.79 Å². The monoisotopic (exact) mass is 230 g/mol. The van der Waals surface area contributed by atoms with Gasteiger partial charge in [-0.2, -0.15) is 0 Å². The van der Waals surface area contributed by atoms with Gasteiger partial charge in [0.25, 0.3) is 0 Å². The highest BCUT2D eigenvalue weighted by Crippen LogP contribution is 2.04. The lowest BCUT2D eigenvalue weighted by atomic mass is 10.3. The van der Waals surface area contributed by atoms with Crippen molar-refractivity contribution in [3.63, 3.8) is 0 Å². The van der Waals surface area contributed by atoms with E-state index < -0.39 is 0 Å². The lowest BCUT2D eigenvalue weighted by Gasteiger charge is -2.31. The summed E-state index contributed by atoms with van der Waals surface area (Å²) in [7, 11) is 0. The van der Waals surface area contributed by atoms with Crippen molar-refractivity contribution in [2.24, 2.45) is 5.73 Å². The molecule has 1 atom stereocenters. The van der Waals surface area contributed by atoms with E-state index in [2.05, 4.69) is 6.92 Å². The van der Waals surface area contributed by atoms with Gasteiger partial charge in [-0.05, 0) is 6.42 Å². The number of unbranched alkanes of at least 4 members (excludes halogenated alkanes) is 1. The number of esters is 1. The molecule has 0 saturated carbocycles. The van der Waals surface area contributed by atoms with Gasteiger partial charge in [0.2, 0.25) is 0 Å². The van der Waals surface area contributed by atoms with E-state index in [0.29, 0.717) is 26.3 Å². The predicted molar refractivity (Wildman–Crippen MR) is 61.1 cm³/mol. The summed E-state index contributed by atoms with van der Waals surface area (Å²) in [5.41, 5.74) is 5.53.